The van der Waals surface area contributed by atoms with E-state index in [-0.39, 0.29) is 17.6 Å². The van der Waals surface area contributed by atoms with E-state index in [1.807, 2.05) is 50.2 Å². The number of nitrogens with one attached hydrogen (secondary N) is 2. The molecule has 3 N–H and O–H groups in total. The number of rotatable bonds is 9. The second-order valence-electron chi connectivity index (χ2n) is 10.6. The molecule has 2 aliphatic carbocycles. The largest absolute Gasteiger partial charge is 0.480 e. The molecule has 1 fully saturated rings. The predicted octanol–water partition coefficient (Wildman–Crippen LogP) is 6.42. The molecule has 38 heavy (non-hydrogen) atoms. The molecule has 7 heteroatoms. The van der Waals surface area contributed by atoms with Crippen LogP contribution in [0.5, 0.6) is 0 Å². The normalized spacial score (nSPS) is 18.0. The van der Waals surface area contributed by atoms with Crippen molar-refractivity contribution in [3.8, 4) is 0 Å². The zero-order chi connectivity index (χ0) is 26.6. The van der Waals surface area contributed by atoms with E-state index in [1.54, 1.807) is 12.4 Å². The minimum absolute atomic E-state index is 0.194. The Kier molecular flexibility index (Phi) is 7.72. The highest BCUT2D eigenvalue weighted by Gasteiger charge is 2.35. The van der Waals surface area contributed by atoms with Crippen LogP contribution in [0.3, 0.4) is 0 Å². The summed E-state index contributed by atoms with van der Waals surface area (Å²) < 4.78 is 0. The van der Waals surface area contributed by atoms with Crippen molar-refractivity contribution in [3.05, 3.63) is 71.3 Å². The van der Waals surface area contributed by atoms with Gasteiger partial charge in [-0.25, -0.2) is 9.78 Å². The van der Waals surface area contributed by atoms with Crippen LogP contribution < -0.4 is 10.6 Å². The molecule has 3 aromatic rings. The number of benzene rings is 1. The van der Waals surface area contributed by atoms with E-state index < -0.39 is 12.0 Å². The van der Waals surface area contributed by atoms with Crippen molar-refractivity contribution >= 4 is 34.0 Å². The monoisotopic (exact) mass is 512 g/mol. The highest BCUT2D eigenvalue weighted by atomic mass is 16.4. The topological polar surface area (TPSA) is 104 Å². The lowest BCUT2D eigenvalue weighted by Gasteiger charge is -2.28. The van der Waals surface area contributed by atoms with Gasteiger partial charge in [0.05, 0.1) is 0 Å². The van der Waals surface area contributed by atoms with Crippen molar-refractivity contribution in [2.45, 2.75) is 77.2 Å². The van der Waals surface area contributed by atoms with Gasteiger partial charge in [0.25, 0.3) is 0 Å². The molecule has 7 nitrogen and oxygen atoms in total. The Morgan fingerprint density at radius 2 is 1.87 bits per heavy atom. The quantitative estimate of drug-likeness (QED) is 0.304. The number of anilines is 2. The van der Waals surface area contributed by atoms with Crippen LogP contribution in [0.25, 0.3) is 10.8 Å². The number of nitrogens with zero attached hydrogens (tertiary/aromatic N) is 2. The van der Waals surface area contributed by atoms with Gasteiger partial charge in [-0.3, -0.25) is 9.78 Å². The van der Waals surface area contributed by atoms with Crippen LogP contribution in [0, 0.1) is 12.8 Å². The number of carbonyl (C=O) groups excluding carboxylic acids is 1. The summed E-state index contributed by atoms with van der Waals surface area (Å²) in [6, 6.07) is 11.1. The number of aliphatic carboxylic acids is 1. The lowest BCUT2D eigenvalue weighted by atomic mass is 9.82. The van der Waals surface area contributed by atoms with Gasteiger partial charge in [-0.1, -0.05) is 38.3 Å². The number of fused-ring (bicyclic) bond motifs is 1. The maximum absolute atomic E-state index is 12.8. The van der Waals surface area contributed by atoms with Crippen LogP contribution >= 0.6 is 0 Å². The standard InChI is InChI=1S/C31H36N4O3/c1-3-24(29(31(37)38)35-26-13-14-27(36)28(26)21-7-5-4-6-8-21)20-9-11-23(12-10-20)34-30-25-18-32-16-15-22(25)17-19(2)33-30/h9-12,15-18,21,24,29,35H,3-8,13-14H2,1-2H3,(H,33,34)(H,37,38). The molecule has 0 bridgehead atoms. The molecule has 0 radical (unpaired) electrons. The van der Waals surface area contributed by atoms with Crippen LogP contribution in [0.15, 0.2) is 60.1 Å². The van der Waals surface area contributed by atoms with Gasteiger partial charge in [-0.15, -0.1) is 0 Å². The number of ketones is 1. The Morgan fingerprint density at radius 1 is 1.11 bits per heavy atom. The average molecular weight is 513 g/mol. The molecule has 1 aromatic carbocycles. The van der Waals surface area contributed by atoms with Gasteiger partial charge in [-0.2, -0.15) is 0 Å². The summed E-state index contributed by atoms with van der Waals surface area (Å²) in [6.07, 6.45) is 10.9. The lowest BCUT2D eigenvalue weighted by Crippen LogP contribution is -2.41. The highest BCUT2D eigenvalue weighted by Crippen LogP contribution is 2.37. The molecule has 5 rings (SSSR count). The van der Waals surface area contributed by atoms with Crippen molar-refractivity contribution in [3.63, 3.8) is 0 Å². The molecule has 2 heterocycles. The second-order valence-corrected chi connectivity index (χ2v) is 10.6. The van der Waals surface area contributed by atoms with Gasteiger partial charge in [0.15, 0.2) is 5.78 Å². The molecule has 0 aliphatic heterocycles. The fourth-order valence-electron chi connectivity index (χ4n) is 6.15. The minimum Gasteiger partial charge on any atom is -0.480 e. The smallest absolute Gasteiger partial charge is 0.326 e. The van der Waals surface area contributed by atoms with Crippen molar-refractivity contribution in [1.29, 1.82) is 0 Å². The number of Topliss-reactive ketones (excluding diaryl/α,β-unsaturated/α-hetero) is 1. The van der Waals surface area contributed by atoms with Crippen LogP contribution in [0.1, 0.15) is 75.5 Å². The summed E-state index contributed by atoms with van der Waals surface area (Å²) in [7, 11) is 0. The molecular weight excluding hydrogens is 476 g/mol. The first-order valence-corrected chi connectivity index (χ1v) is 13.8. The number of hydrogen-bond donors (Lipinski definition) is 3. The summed E-state index contributed by atoms with van der Waals surface area (Å²) in [5, 5.41) is 19.0. The van der Waals surface area contributed by atoms with E-state index in [0.717, 1.165) is 70.5 Å². The van der Waals surface area contributed by atoms with E-state index in [2.05, 4.69) is 20.6 Å². The first kappa shape index (κ1) is 25.9. The first-order valence-electron chi connectivity index (χ1n) is 13.8. The molecule has 1 saturated carbocycles. The third kappa shape index (κ3) is 5.42. The summed E-state index contributed by atoms with van der Waals surface area (Å²) >= 11 is 0. The lowest BCUT2D eigenvalue weighted by molar-refractivity contribution is -0.140. The highest BCUT2D eigenvalue weighted by molar-refractivity contribution is 5.99. The third-order valence-corrected chi connectivity index (χ3v) is 8.04. The van der Waals surface area contributed by atoms with Gasteiger partial charge in [0.2, 0.25) is 0 Å². The van der Waals surface area contributed by atoms with Crippen LogP contribution in [-0.2, 0) is 9.59 Å². The maximum atomic E-state index is 12.8. The van der Waals surface area contributed by atoms with E-state index >= 15 is 0 Å². The van der Waals surface area contributed by atoms with E-state index in [0.29, 0.717) is 19.3 Å². The van der Waals surface area contributed by atoms with E-state index in [9.17, 15) is 14.7 Å². The van der Waals surface area contributed by atoms with Crippen LogP contribution in [0.4, 0.5) is 11.5 Å². The number of carbonyl (C=O) groups is 2. The molecule has 0 amide bonds. The SMILES string of the molecule is CCC(c1ccc(Nc2nc(C)cc3ccncc23)cc1)C(NC1=C(C2CCCCC2)C(=O)CC1)C(=O)O. The van der Waals surface area contributed by atoms with Gasteiger partial charge in [0.1, 0.15) is 11.9 Å². The van der Waals surface area contributed by atoms with Crippen molar-refractivity contribution in [2.75, 3.05) is 5.32 Å². The fraction of sp³-hybridized carbons (Fsp3) is 0.419. The second kappa shape index (κ2) is 11.3. The maximum Gasteiger partial charge on any atom is 0.326 e. The number of allylic oxidation sites excluding steroid dienone is 2. The Bertz CT molecular complexity index is 1360. The summed E-state index contributed by atoms with van der Waals surface area (Å²) in [5.74, 6) is 0.0736. The average Bonchev–Trinajstić information content (AvgIpc) is 3.29. The summed E-state index contributed by atoms with van der Waals surface area (Å²) in [6.45, 7) is 3.98. The molecule has 2 aliphatic rings. The Labute approximate surface area is 223 Å². The van der Waals surface area contributed by atoms with Crippen LogP contribution in [0.2, 0.25) is 0 Å². The minimum atomic E-state index is -0.892. The van der Waals surface area contributed by atoms with Crippen molar-refractivity contribution < 1.29 is 14.7 Å². The molecule has 0 saturated heterocycles. The number of aromatic nitrogens is 2. The first-order chi connectivity index (χ1) is 18.4. The molecule has 2 atom stereocenters. The zero-order valence-electron chi connectivity index (χ0n) is 22.2. The van der Waals surface area contributed by atoms with Crippen LogP contribution in [-0.4, -0.2) is 32.9 Å². The van der Waals surface area contributed by atoms with E-state index in [4.69, 9.17) is 0 Å². The molecule has 2 aromatic heterocycles. The number of carboxylic acid groups (broad SMARTS) is 1. The van der Waals surface area contributed by atoms with Gasteiger partial charge >= 0.3 is 5.97 Å². The fourth-order valence-corrected chi connectivity index (χ4v) is 6.15. The predicted molar refractivity (Wildman–Crippen MR) is 149 cm³/mol. The number of aryl methyl sites for hydroxylation is 1. The Balaban J connectivity index is 1.37. The van der Waals surface area contributed by atoms with Crippen molar-refractivity contribution in [1.82, 2.24) is 15.3 Å². The number of carboxylic acids is 1. The van der Waals surface area contributed by atoms with Gasteiger partial charge in [0, 0.05) is 52.8 Å². The molecule has 198 valence electrons. The Hall–Kier alpha value is -3.74. The van der Waals surface area contributed by atoms with E-state index in [1.165, 1.54) is 6.42 Å². The van der Waals surface area contributed by atoms with Gasteiger partial charge < -0.3 is 15.7 Å². The molecule has 0 spiro atoms. The number of hydrogen-bond acceptors (Lipinski definition) is 6. The van der Waals surface area contributed by atoms with Crippen molar-refractivity contribution in [2.24, 2.45) is 5.92 Å². The number of pyridine rings is 2. The zero-order valence-corrected chi connectivity index (χ0v) is 22.2. The summed E-state index contributed by atoms with van der Waals surface area (Å²) in [4.78, 5) is 34.2. The van der Waals surface area contributed by atoms with Gasteiger partial charge in [-0.05, 0) is 73.7 Å². The Morgan fingerprint density at radius 3 is 2.58 bits per heavy atom. The third-order valence-electron chi connectivity index (χ3n) is 8.04. The molecule has 2 unspecified atom stereocenters. The summed E-state index contributed by atoms with van der Waals surface area (Å²) in [5.41, 5.74) is 4.47. The molecular formula is C31H36N4O3.